The highest BCUT2D eigenvalue weighted by Crippen LogP contribution is 2.45. The zero-order chi connectivity index (χ0) is 21.6. The Hall–Kier alpha value is -2.34. The Balaban J connectivity index is 0.000000217. The molecule has 2 aromatic rings. The number of aryl methyl sites for hydroxylation is 1. The average molecular weight is 411 g/mol. The molecule has 1 atom stereocenters. The van der Waals surface area contributed by atoms with Gasteiger partial charge in [-0.2, -0.15) is 0 Å². The van der Waals surface area contributed by atoms with E-state index < -0.39 is 0 Å². The minimum atomic E-state index is 0.577. The zero-order valence-electron chi connectivity index (χ0n) is 19.4. The van der Waals surface area contributed by atoms with Gasteiger partial charge in [-0.1, -0.05) is 92.1 Å². The van der Waals surface area contributed by atoms with E-state index in [2.05, 4.69) is 81.1 Å². The second-order valence-corrected chi connectivity index (χ2v) is 9.55. The zero-order valence-corrected chi connectivity index (χ0v) is 19.4. The van der Waals surface area contributed by atoms with Crippen LogP contribution in [0.15, 0.2) is 78.9 Å². The minimum Gasteiger partial charge on any atom is -0.102 e. The molecule has 0 amide bonds. The number of allylic oxidation sites excluding steroid dienone is 5. The summed E-state index contributed by atoms with van der Waals surface area (Å²) in [5.41, 5.74) is 9.05. The van der Waals surface area contributed by atoms with Crippen molar-refractivity contribution in [1.29, 1.82) is 0 Å². The maximum absolute atomic E-state index is 3.73. The molecular weight excluding hydrogens is 372 g/mol. The molecule has 2 saturated carbocycles. The Morgan fingerprint density at radius 3 is 2.32 bits per heavy atom. The highest BCUT2D eigenvalue weighted by molar-refractivity contribution is 5.70. The topological polar surface area (TPSA) is 0 Å². The van der Waals surface area contributed by atoms with Gasteiger partial charge < -0.3 is 0 Å². The van der Waals surface area contributed by atoms with Crippen LogP contribution in [0.1, 0.15) is 87.3 Å². The monoisotopic (exact) mass is 410 g/mol. The quantitative estimate of drug-likeness (QED) is 0.431. The van der Waals surface area contributed by atoms with Crippen LogP contribution in [0.4, 0.5) is 0 Å². The van der Waals surface area contributed by atoms with E-state index >= 15 is 0 Å². The molecule has 0 spiro atoms. The van der Waals surface area contributed by atoms with Gasteiger partial charge in [0.15, 0.2) is 0 Å². The Kier molecular flexibility index (Phi) is 7.28. The van der Waals surface area contributed by atoms with Crippen LogP contribution in [0.25, 0.3) is 11.1 Å². The summed E-state index contributed by atoms with van der Waals surface area (Å²) in [4.78, 5) is 0. The molecular formula is C31H38. The van der Waals surface area contributed by atoms with E-state index in [1.54, 1.807) is 16.7 Å². The van der Waals surface area contributed by atoms with E-state index in [4.69, 9.17) is 0 Å². The second-order valence-electron chi connectivity index (χ2n) is 9.55. The molecule has 162 valence electrons. The van der Waals surface area contributed by atoms with Crippen LogP contribution in [0.5, 0.6) is 0 Å². The Labute approximate surface area is 189 Å². The van der Waals surface area contributed by atoms with E-state index in [1.165, 1.54) is 55.2 Å². The fourth-order valence-corrected chi connectivity index (χ4v) is 5.14. The molecule has 0 saturated heterocycles. The minimum absolute atomic E-state index is 0.577. The maximum Gasteiger partial charge on any atom is -0.00182 e. The Morgan fingerprint density at radius 2 is 1.68 bits per heavy atom. The highest BCUT2D eigenvalue weighted by Gasteiger charge is 2.26. The normalized spacial score (nSPS) is 20.7. The fraction of sp³-hybridized carbons (Fsp3) is 0.419. The van der Waals surface area contributed by atoms with Gasteiger partial charge in [0.2, 0.25) is 0 Å². The van der Waals surface area contributed by atoms with Crippen molar-refractivity contribution >= 4 is 0 Å². The molecule has 1 unspecified atom stereocenters. The van der Waals surface area contributed by atoms with E-state index in [0.717, 1.165) is 24.7 Å². The van der Waals surface area contributed by atoms with Gasteiger partial charge in [0.05, 0.1) is 0 Å². The lowest BCUT2D eigenvalue weighted by molar-refractivity contribution is 0.713. The standard InChI is InChI=1S/C22H26.C9H12/c1-2-16-15-19(13-14-20(16)17-7-3-4-8-17)22-10-6-5-9-21(22)18-11-12-18;1-3-9-6-4-8(2)5-7-9/h5-6,9-10,13-15,17-18H,2-4,7-8,11-12H2,1H3;3-6,9H,1,7H2,2H3. The van der Waals surface area contributed by atoms with Crippen molar-refractivity contribution < 1.29 is 0 Å². The summed E-state index contributed by atoms with van der Waals surface area (Å²) in [7, 11) is 0. The van der Waals surface area contributed by atoms with Gasteiger partial charge in [0.1, 0.15) is 0 Å². The van der Waals surface area contributed by atoms with Crippen molar-refractivity contribution in [2.45, 2.75) is 77.0 Å². The lowest BCUT2D eigenvalue weighted by Crippen LogP contribution is -1.99. The highest BCUT2D eigenvalue weighted by atomic mass is 14.3. The third kappa shape index (κ3) is 5.48. The van der Waals surface area contributed by atoms with Crippen molar-refractivity contribution in [3.63, 3.8) is 0 Å². The Morgan fingerprint density at radius 1 is 0.935 bits per heavy atom. The largest absolute Gasteiger partial charge is 0.102 e. The lowest BCUT2D eigenvalue weighted by Gasteiger charge is -2.17. The molecule has 0 aromatic heterocycles. The molecule has 0 N–H and O–H groups in total. The number of rotatable bonds is 5. The van der Waals surface area contributed by atoms with E-state index in [1.807, 2.05) is 6.08 Å². The van der Waals surface area contributed by atoms with Gasteiger partial charge in [-0.25, -0.2) is 0 Å². The van der Waals surface area contributed by atoms with E-state index in [-0.39, 0.29) is 0 Å². The van der Waals surface area contributed by atoms with Gasteiger partial charge in [-0.15, -0.1) is 6.58 Å². The third-order valence-corrected chi connectivity index (χ3v) is 7.23. The van der Waals surface area contributed by atoms with Gasteiger partial charge in [-0.05, 0) is 91.0 Å². The summed E-state index contributed by atoms with van der Waals surface area (Å²) in [6, 6.07) is 16.3. The SMILES string of the molecule is C=CC1C=CC(C)=CC1.CCc1cc(-c2ccccc2C2CC2)ccc1C1CCCC1. The van der Waals surface area contributed by atoms with Crippen molar-refractivity contribution in [2.24, 2.45) is 5.92 Å². The number of hydrogen-bond donors (Lipinski definition) is 0. The summed E-state index contributed by atoms with van der Waals surface area (Å²) in [5, 5.41) is 0. The first kappa shape index (κ1) is 21.9. The van der Waals surface area contributed by atoms with Crippen LogP contribution in [0.3, 0.4) is 0 Å². The fourth-order valence-electron chi connectivity index (χ4n) is 5.14. The molecule has 0 heteroatoms. The summed E-state index contributed by atoms with van der Waals surface area (Å²) in [6.07, 6.45) is 19.2. The van der Waals surface area contributed by atoms with E-state index in [9.17, 15) is 0 Å². The van der Waals surface area contributed by atoms with Crippen molar-refractivity contribution in [3.8, 4) is 11.1 Å². The van der Waals surface area contributed by atoms with Crippen LogP contribution >= 0.6 is 0 Å². The predicted octanol–water partition coefficient (Wildman–Crippen LogP) is 9.15. The molecule has 2 aromatic carbocycles. The van der Waals surface area contributed by atoms with Crippen LogP contribution in [-0.2, 0) is 6.42 Å². The molecule has 0 nitrogen and oxygen atoms in total. The molecule has 0 bridgehead atoms. The first-order valence-corrected chi connectivity index (χ1v) is 12.4. The molecule has 31 heavy (non-hydrogen) atoms. The number of benzene rings is 2. The van der Waals surface area contributed by atoms with Gasteiger partial charge in [0, 0.05) is 0 Å². The van der Waals surface area contributed by atoms with Crippen molar-refractivity contribution in [1.82, 2.24) is 0 Å². The van der Waals surface area contributed by atoms with Crippen LogP contribution in [0.2, 0.25) is 0 Å². The van der Waals surface area contributed by atoms with Crippen LogP contribution in [0, 0.1) is 5.92 Å². The summed E-state index contributed by atoms with van der Waals surface area (Å²) in [5.74, 6) is 2.21. The number of hydrogen-bond acceptors (Lipinski definition) is 0. The van der Waals surface area contributed by atoms with Crippen molar-refractivity contribution in [2.75, 3.05) is 0 Å². The van der Waals surface area contributed by atoms with Gasteiger partial charge >= 0.3 is 0 Å². The summed E-state index contributed by atoms with van der Waals surface area (Å²) < 4.78 is 0. The second kappa shape index (κ2) is 10.3. The van der Waals surface area contributed by atoms with Crippen molar-refractivity contribution in [3.05, 3.63) is 95.6 Å². The van der Waals surface area contributed by atoms with Crippen LogP contribution in [-0.4, -0.2) is 0 Å². The predicted molar refractivity (Wildman–Crippen MR) is 136 cm³/mol. The molecule has 0 heterocycles. The molecule has 0 aliphatic heterocycles. The molecule has 0 radical (unpaired) electrons. The first-order valence-electron chi connectivity index (χ1n) is 12.4. The molecule has 5 rings (SSSR count). The van der Waals surface area contributed by atoms with E-state index in [0.29, 0.717) is 5.92 Å². The maximum atomic E-state index is 3.73. The third-order valence-electron chi connectivity index (χ3n) is 7.23. The molecule has 3 aliphatic carbocycles. The average Bonchev–Trinajstić information content (AvgIpc) is 3.53. The Bertz CT molecular complexity index is 948. The van der Waals surface area contributed by atoms with Gasteiger partial charge in [-0.3, -0.25) is 0 Å². The molecule has 2 fully saturated rings. The smallest absolute Gasteiger partial charge is 0.00182 e. The summed E-state index contributed by atoms with van der Waals surface area (Å²) in [6.45, 7) is 8.16. The van der Waals surface area contributed by atoms with Crippen LogP contribution < -0.4 is 0 Å². The molecule has 3 aliphatic rings. The summed E-state index contributed by atoms with van der Waals surface area (Å²) >= 11 is 0. The lowest BCUT2D eigenvalue weighted by atomic mass is 9.88. The van der Waals surface area contributed by atoms with Gasteiger partial charge in [0.25, 0.3) is 0 Å². The first-order chi connectivity index (χ1) is 15.2.